The Bertz CT molecular complexity index is 102. The third-order valence-corrected chi connectivity index (χ3v) is 2.44. The lowest BCUT2D eigenvalue weighted by molar-refractivity contribution is 0.370. The average molecular weight is 172 g/mol. The van der Waals surface area contributed by atoms with Crippen LogP contribution in [0.2, 0.25) is 0 Å². The maximum atomic E-state index is 3.50. The van der Waals surface area contributed by atoms with Gasteiger partial charge in [0, 0.05) is 12.6 Å². The predicted molar refractivity (Wildman–Crippen MR) is 55.4 cm³/mol. The zero-order valence-corrected chi connectivity index (χ0v) is 9.15. The third-order valence-electron chi connectivity index (χ3n) is 2.44. The first-order valence-corrected chi connectivity index (χ1v) is 4.96. The molecule has 0 aromatic heterocycles. The van der Waals surface area contributed by atoms with E-state index in [9.17, 15) is 0 Å². The fraction of sp³-hybridized carbons (Fsp3) is 1.00. The Morgan fingerprint density at radius 1 is 1.00 bits per heavy atom. The molecule has 12 heavy (non-hydrogen) atoms. The Morgan fingerprint density at radius 2 is 1.58 bits per heavy atom. The smallest absolute Gasteiger partial charge is 0.0164 e. The van der Waals surface area contributed by atoms with Gasteiger partial charge in [-0.15, -0.1) is 0 Å². The molecule has 74 valence electrons. The molecule has 0 aliphatic carbocycles. The molecule has 0 fully saturated rings. The maximum Gasteiger partial charge on any atom is 0.0164 e. The number of hydrogen-bond donors (Lipinski definition) is 2. The van der Waals surface area contributed by atoms with Crippen molar-refractivity contribution in [1.82, 2.24) is 10.6 Å². The Balaban J connectivity index is 3.40. The van der Waals surface area contributed by atoms with Crippen molar-refractivity contribution in [3.05, 3.63) is 0 Å². The van der Waals surface area contributed by atoms with Crippen molar-refractivity contribution in [2.45, 2.75) is 33.7 Å². The van der Waals surface area contributed by atoms with Crippen molar-refractivity contribution in [3.8, 4) is 0 Å². The summed E-state index contributed by atoms with van der Waals surface area (Å²) >= 11 is 0. The third kappa shape index (κ3) is 5.56. The summed E-state index contributed by atoms with van der Waals surface area (Å²) in [5.74, 6) is 1.54. The Kier molecular flexibility index (Phi) is 6.39. The van der Waals surface area contributed by atoms with Gasteiger partial charge < -0.3 is 10.6 Å². The van der Waals surface area contributed by atoms with E-state index in [2.05, 4.69) is 38.3 Å². The first kappa shape index (κ1) is 11.9. The molecule has 2 N–H and O–H groups in total. The molecule has 0 bridgehead atoms. The van der Waals surface area contributed by atoms with Crippen LogP contribution in [-0.2, 0) is 0 Å². The normalized spacial score (nSPS) is 16.5. The van der Waals surface area contributed by atoms with Gasteiger partial charge in [0.15, 0.2) is 0 Å². The molecule has 0 radical (unpaired) electrons. The average Bonchev–Trinajstić information content (AvgIpc) is 2.00. The van der Waals surface area contributed by atoms with E-state index in [0.29, 0.717) is 6.04 Å². The summed E-state index contributed by atoms with van der Waals surface area (Å²) in [7, 11) is 1.99. The molecule has 2 heteroatoms. The molecule has 0 amide bonds. The second-order valence-corrected chi connectivity index (χ2v) is 4.09. The van der Waals surface area contributed by atoms with Crippen LogP contribution in [0.4, 0.5) is 0 Å². The zero-order valence-electron chi connectivity index (χ0n) is 9.15. The quantitative estimate of drug-likeness (QED) is 0.634. The molecule has 2 nitrogen and oxygen atoms in total. The highest BCUT2D eigenvalue weighted by Gasteiger charge is 2.07. The number of likely N-dealkylation sites (N-methyl/N-ethyl adjacent to an activating group) is 1. The molecule has 0 saturated heterocycles. The summed E-state index contributed by atoms with van der Waals surface area (Å²) in [6.07, 6.45) is 0. The van der Waals surface area contributed by atoms with Crippen LogP contribution < -0.4 is 10.6 Å². The van der Waals surface area contributed by atoms with Gasteiger partial charge in [-0.1, -0.05) is 20.8 Å². The molecule has 0 heterocycles. The van der Waals surface area contributed by atoms with Crippen LogP contribution in [0, 0.1) is 11.8 Å². The summed E-state index contributed by atoms with van der Waals surface area (Å²) < 4.78 is 0. The predicted octanol–water partition coefficient (Wildman–Crippen LogP) is 1.48. The molecule has 0 aromatic rings. The molecular weight excluding hydrogens is 148 g/mol. The Hall–Kier alpha value is -0.0800. The molecule has 0 aliphatic rings. The highest BCUT2D eigenvalue weighted by Crippen LogP contribution is 2.07. The van der Waals surface area contributed by atoms with Gasteiger partial charge in [-0.25, -0.2) is 0 Å². The van der Waals surface area contributed by atoms with E-state index in [0.717, 1.165) is 24.9 Å². The minimum Gasteiger partial charge on any atom is -0.318 e. The van der Waals surface area contributed by atoms with E-state index in [1.807, 2.05) is 7.05 Å². The lowest BCUT2D eigenvalue weighted by Crippen LogP contribution is -2.38. The highest BCUT2D eigenvalue weighted by molar-refractivity contribution is 4.66. The van der Waals surface area contributed by atoms with Crippen LogP contribution in [0.1, 0.15) is 27.7 Å². The lowest BCUT2D eigenvalue weighted by Gasteiger charge is -2.19. The van der Waals surface area contributed by atoms with Gasteiger partial charge >= 0.3 is 0 Å². The minimum absolute atomic E-state index is 0.580. The second kappa shape index (κ2) is 6.44. The van der Waals surface area contributed by atoms with Crippen molar-refractivity contribution < 1.29 is 0 Å². The van der Waals surface area contributed by atoms with Crippen LogP contribution >= 0.6 is 0 Å². The summed E-state index contributed by atoms with van der Waals surface area (Å²) in [6.45, 7) is 11.2. The molecule has 0 saturated carbocycles. The second-order valence-electron chi connectivity index (χ2n) is 4.09. The van der Waals surface area contributed by atoms with Crippen LogP contribution in [0.15, 0.2) is 0 Å². The summed E-state index contributed by atoms with van der Waals surface area (Å²) in [5, 5.41) is 6.66. The van der Waals surface area contributed by atoms with Crippen LogP contribution in [0.3, 0.4) is 0 Å². The fourth-order valence-electron chi connectivity index (χ4n) is 1.00. The van der Waals surface area contributed by atoms with Gasteiger partial charge in [-0.3, -0.25) is 0 Å². The van der Waals surface area contributed by atoms with Crippen LogP contribution in [-0.4, -0.2) is 26.2 Å². The topological polar surface area (TPSA) is 24.1 Å². The standard InChI is InChI=1S/C10H24N2/c1-8(2)9(3)6-12-10(4)7-11-5/h8-12H,6-7H2,1-5H3. The monoisotopic (exact) mass is 172 g/mol. The molecule has 2 unspecified atom stereocenters. The van der Waals surface area contributed by atoms with Gasteiger partial charge in [0.1, 0.15) is 0 Å². The molecule has 0 aromatic carbocycles. The van der Waals surface area contributed by atoms with Gasteiger partial charge in [-0.2, -0.15) is 0 Å². The van der Waals surface area contributed by atoms with Crippen LogP contribution in [0.25, 0.3) is 0 Å². The SMILES string of the molecule is CNCC(C)NCC(C)C(C)C. The van der Waals surface area contributed by atoms with Gasteiger partial charge in [0.2, 0.25) is 0 Å². The van der Waals surface area contributed by atoms with E-state index in [-0.39, 0.29) is 0 Å². The van der Waals surface area contributed by atoms with Crippen LogP contribution in [0.5, 0.6) is 0 Å². The van der Waals surface area contributed by atoms with Crippen molar-refractivity contribution in [3.63, 3.8) is 0 Å². The summed E-state index contributed by atoms with van der Waals surface area (Å²) in [5.41, 5.74) is 0. The minimum atomic E-state index is 0.580. The maximum absolute atomic E-state index is 3.50. The van der Waals surface area contributed by atoms with Gasteiger partial charge in [0.05, 0.1) is 0 Å². The number of rotatable bonds is 6. The Morgan fingerprint density at radius 3 is 2.00 bits per heavy atom. The van der Waals surface area contributed by atoms with Crippen molar-refractivity contribution in [2.24, 2.45) is 11.8 Å². The van der Waals surface area contributed by atoms with Crippen molar-refractivity contribution >= 4 is 0 Å². The van der Waals surface area contributed by atoms with E-state index >= 15 is 0 Å². The number of nitrogens with one attached hydrogen (secondary N) is 2. The largest absolute Gasteiger partial charge is 0.318 e. The van der Waals surface area contributed by atoms with E-state index in [4.69, 9.17) is 0 Å². The van der Waals surface area contributed by atoms with Crippen molar-refractivity contribution in [2.75, 3.05) is 20.1 Å². The number of hydrogen-bond acceptors (Lipinski definition) is 2. The summed E-state index contributed by atoms with van der Waals surface area (Å²) in [6, 6.07) is 0.580. The summed E-state index contributed by atoms with van der Waals surface area (Å²) in [4.78, 5) is 0. The van der Waals surface area contributed by atoms with E-state index < -0.39 is 0 Å². The first-order valence-electron chi connectivity index (χ1n) is 4.96. The molecule has 0 spiro atoms. The van der Waals surface area contributed by atoms with Gasteiger partial charge in [-0.05, 0) is 32.4 Å². The fourth-order valence-corrected chi connectivity index (χ4v) is 1.00. The van der Waals surface area contributed by atoms with Crippen molar-refractivity contribution in [1.29, 1.82) is 0 Å². The van der Waals surface area contributed by atoms with E-state index in [1.165, 1.54) is 0 Å². The molecule has 0 aliphatic heterocycles. The lowest BCUT2D eigenvalue weighted by atomic mass is 9.98. The Labute approximate surface area is 77.1 Å². The molecule has 2 atom stereocenters. The first-order chi connectivity index (χ1) is 5.57. The molecule has 0 rings (SSSR count). The van der Waals surface area contributed by atoms with Gasteiger partial charge in [0.25, 0.3) is 0 Å². The molecular formula is C10H24N2. The highest BCUT2D eigenvalue weighted by atomic mass is 15.0. The van der Waals surface area contributed by atoms with E-state index in [1.54, 1.807) is 0 Å². The zero-order chi connectivity index (χ0) is 9.56.